The summed E-state index contributed by atoms with van der Waals surface area (Å²) in [5, 5.41) is 11.8. The summed E-state index contributed by atoms with van der Waals surface area (Å²) >= 11 is 0. The molecule has 92 valence electrons. The lowest BCUT2D eigenvalue weighted by Crippen LogP contribution is -2.13. The summed E-state index contributed by atoms with van der Waals surface area (Å²) in [6, 6.07) is 6.21. The monoisotopic (exact) mass is 231 g/mol. The number of hydrogen-bond acceptors (Lipinski definition) is 2. The van der Waals surface area contributed by atoms with Gasteiger partial charge in [-0.05, 0) is 30.4 Å². The van der Waals surface area contributed by atoms with Crippen LogP contribution in [0.3, 0.4) is 0 Å². The Morgan fingerprint density at radius 3 is 2.88 bits per heavy atom. The minimum absolute atomic E-state index is 0.692. The number of rotatable bonds is 5. The van der Waals surface area contributed by atoms with Gasteiger partial charge in [-0.25, -0.2) is 0 Å². The van der Waals surface area contributed by atoms with E-state index in [4.69, 9.17) is 0 Å². The first kappa shape index (κ1) is 12.0. The lowest BCUT2D eigenvalue weighted by atomic mass is 9.99. The fraction of sp³-hybridized carbons (Fsp3) is 0.500. The molecule has 1 aromatic heterocycles. The summed E-state index contributed by atoms with van der Waals surface area (Å²) in [5.74, 6) is 1.45. The van der Waals surface area contributed by atoms with Crippen molar-refractivity contribution in [3.63, 3.8) is 0 Å². The van der Waals surface area contributed by atoms with Gasteiger partial charge < -0.3 is 5.32 Å². The van der Waals surface area contributed by atoms with E-state index in [2.05, 4.69) is 48.4 Å². The number of nitrogens with one attached hydrogen (secondary N) is 2. The fourth-order valence-electron chi connectivity index (χ4n) is 2.29. The van der Waals surface area contributed by atoms with Crippen LogP contribution in [-0.2, 0) is 0 Å². The van der Waals surface area contributed by atoms with Gasteiger partial charge in [-0.3, -0.25) is 5.10 Å². The number of H-pyrrole nitrogens is 1. The molecule has 2 rings (SSSR count). The summed E-state index contributed by atoms with van der Waals surface area (Å²) in [5.41, 5.74) is 2.26. The maximum absolute atomic E-state index is 4.07. The summed E-state index contributed by atoms with van der Waals surface area (Å²) in [6.45, 7) is 7.85. The molecule has 2 N–H and O–H groups in total. The molecule has 1 atom stereocenters. The van der Waals surface area contributed by atoms with Gasteiger partial charge in [0, 0.05) is 17.6 Å². The topological polar surface area (TPSA) is 40.7 Å². The lowest BCUT2D eigenvalue weighted by Gasteiger charge is -2.15. The third kappa shape index (κ3) is 2.99. The van der Waals surface area contributed by atoms with Crippen molar-refractivity contribution >= 4 is 16.6 Å². The van der Waals surface area contributed by atoms with E-state index in [1.807, 2.05) is 12.3 Å². The van der Waals surface area contributed by atoms with E-state index in [-0.39, 0.29) is 0 Å². The summed E-state index contributed by atoms with van der Waals surface area (Å²) in [4.78, 5) is 0. The lowest BCUT2D eigenvalue weighted by molar-refractivity contribution is 0.455. The Morgan fingerprint density at radius 1 is 1.29 bits per heavy atom. The van der Waals surface area contributed by atoms with Crippen LogP contribution in [0.4, 0.5) is 5.69 Å². The molecule has 0 fully saturated rings. The van der Waals surface area contributed by atoms with Gasteiger partial charge >= 0.3 is 0 Å². The quantitative estimate of drug-likeness (QED) is 0.824. The number of benzene rings is 1. The Hall–Kier alpha value is -1.51. The SMILES string of the molecule is CC(C)CC(C)CNc1cccc2[nH]ncc12. The van der Waals surface area contributed by atoms with Crippen LogP contribution < -0.4 is 5.32 Å². The minimum Gasteiger partial charge on any atom is -0.384 e. The van der Waals surface area contributed by atoms with E-state index in [0.717, 1.165) is 18.0 Å². The van der Waals surface area contributed by atoms with Gasteiger partial charge in [0.05, 0.1) is 11.7 Å². The van der Waals surface area contributed by atoms with Crippen molar-refractivity contribution < 1.29 is 0 Å². The highest BCUT2D eigenvalue weighted by Gasteiger charge is 2.06. The number of anilines is 1. The van der Waals surface area contributed by atoms with Gasteiger partial charge in [0.1, 0.15) is 0 Å². The number of aromatic amines is 1. The van der Waals surface area contributed by atoms with E-state index in [1.54, 1.807) is 0 Å². The van der Waals surface area contributed by atoms with Crippen molar-refractivity contribution in [3.05, 3.63) is 24.4 Å². The molecule has 17 heavy (non-hydrogen) atoms. The van der Waals surface area contributed by atoms with Crippen molar-refractivity contribution in [2.45, 2.75) is 27.2 Å². The van der Waals surface area contributed by atoms with Gasteiger partial charge in [0.2, 0.25) is 0 Å². The molecule has 0 bridgehead atoms. The first-order valence-corrected chi connectivity index (χ1v) is 6.32. The van der Waals surface area contributed by atoms with Crippen molar-refractivity contribution in [2.75, 3.05) is 11.9 Å². The average molecular weight is 231 g/mol. The number of fused-ring (bicyclic) bond motifs is 1. The zero-order valence-corrected chi connectivity index (χ0v) is 10.8. The first-order chi connectivity index (χ1) is 8.16. The van der Waals surface area contributed by atoms with Crippen LogP contribution >= 0.6 is 0 Å². The highest BCUT2D eigenvalue weighted by molar-refractivity contribution is 5.90. The van der Waals surface area contributed by atoms with Gasteiger partial charge in [-0.2, -0.15) is 5.10 Å². The van der Waals surface area contributed by atoms with Crippen LogP contribution in [0, 0.1) is 11.8 Å². The second-order valence-corrected chi connectivity index (χ2v) is 5.25. The molecule has 0 saturated heterocycles. The molecule has 1 heterocycles. The standard InChI is InChI=1S/C14H21N3/c1-10(2)7-11(3)8-15-13-5-4-6-14-12(13)9-16-17-14/h4-6,9-11,15H,7-8H2,1-3H3,(H,16,17). The van der Waals surface area contributed by atoms with Gasteiger partial charge in [0.15, 0.2) is 0 Å². The van der Waals surface area contributed by atoms with Crippen LogP contribution in [0.2, 0.25) is 0 Å². The second-order valence-electron chi connectivity index (χ2n) is 5.25. The molecule has 0 aliphatic carbocycles. The predicted molar refractivity (Wildman–Crippen MR) is 73.2 cm³/mol. The number of aromatic nitrogens is 2. The Bertz CT molecular complexity index is 473. The molecule has 1 unspecified atom stereocenters. The molecular weight excluding hydrogens is 210 g/mol. The van der Waals surface area contributed by atoms with E-state index in [1.165, 1.54) is 17.5 Å². The molecule has 0 aliphatic heterocycles. The molecule has 3 nitrogen and oxygen atoms in total. The van der Waals surface area contributed by atoms with Crippen LogP contribution in [0.15, 0.2) is 24.4 Å². The molecule has 0 aliphatic rings. The molecule has 0 radical (unpaired) electrons. The van der Waals surface area contributed by atoms with Gasteiger partial charge in [-0.15, -0.1) is 0 Å². The van der Waals surface area contributed by atoms with Crippen molar-refractivity contribution in [1.82, 2.24) is 10.2 Å². The van der Waals surface area contributed by atoms with Crippen LogP contribution in [-0.4, -0.2) is 16.7 Å². The molecule has 0 saturated carbocycles. The van der Waals surface area contributed by atoms with Crippen LogP contribution in [0.1, 0.15) is 27.2 Å². The Morgan fingerprint density at radius 2 is 2.12 bits per heavy atom. The Balaban J connectivity index is 2.01. The third-order valence-corrected chi connectivity index (χ3v) is 3.00. The minimum atomic E-state index is 0.692. The normalized spacial score (nSPS) is 13.2. The van der Waals surface area contributed by atoms with E-state index < -0.39 is 0 Å². The van der Waals surface area contributed by atoms with Crippen molar-refractivity contribution in [1.29, 1.82) is 0 Å². The first-order valence-electron chi connectivity index (χ1n) is 6.32. The van der Waals surface area contributed by atoms with Gasteiger partial charge in [-0.1, -0.05) is 26.8 Å². The molecular formula is C14H21N3. The maximum atomic E-state index is 4.07. The van der Waals surface area contributed by atoms with Gasteiger partial charge in [0.25, 0.3) is 0 Å². The molecule has 3 heteroatoms. The molecule has 0 spiro atoms. The zero-order chi connectivity index (χ0) is 12.3. The second kappa shape index (κ2) is 5.21. The van der Waals surface area contributed by atoms with E-state index in [0.29, 0.717) is 5.92 Å². The third-order valence-electron chi connectivity index (χ3n) is 3.00. The predicted octanol–water partition coefficient (Wildman–Crippen LogP) is 3.66. The smallest absolute Gasteiger partial charge is 0.0671 e. The highest BCUT2D eigenvalue weighted by Crippen LogP contribution is 2.21. The molecule has 0 amide bonds. The van der Waals surface area contributed by atoms with Crippen LogP contribution in [0.25, 0.3) is 10.9 Å². The summed E-state index contributed by atoms with van der Waals surface area (Å²) in [6.07, 6.45) is 3.14. The zero-order valence-electron chi connectivity index (χ0n) is 10.8. The van der Waals surface area contributed by atoms with E-state index >= 15 is 0 Å². The average Bonchev–Trinajstić information content (AvgIpc) is 2.73. The largest absolute Gasteiger partial charge is 0.384 e. The Labute approximate surface area is 103 Å². The number of nitrogens with zero attached hydrogens (tertiary/aromatic N) is 1. The fourth-order valence-corrected chi connectivity index (χ4v) is 2.29. The molecule has 1 aromatic carbocycles. The number of hydrogen-bond donors (Lipinski definition) is 2. The summed E-state index contributed by atoms with van der Waals surface area (Å²) < 4.78 is 0. The molecule has 2 aromatic rings. The van der Waals surface area contributed by atoms with Crippen molar-refractivity contribution in [3.8, 4) is 0 Å². The van der Waals surface area contributed by atoms with Crippen LogP contribution in [0.5, 0.6) is 0 Å². The summed E-state index contributed by atoms with van der Waals surface area (Å²) in [7, 11) is 0. The maximum Gasteiger partial charge on any atom is 0.0671 e. The van der Waals surface area contributed by atoms with Crippen molar-refractivity contribution in [2.24, 2.45) is 11.8 Å². The van der Waals surface area contributed by atoms with E-state index in [9.17, 15) is 0 Å². The Kier molecular flexibility index (Phi) is 3.67. The highest BCUT2D eigenvalue weighted by atomic mass is 15.1.